The van der Waals surface area contributed by atoms with E-state index >= 15 is 0 Å². The highest BCUT2D eigenvalue weighted by Gasteiger charge is 2.33. The van der Waals surface area contributed by atoms with Crippen LogP contribution in [0.3, 0.4) is 0 Å². The summed E-state index contributed by atoms with van der Waals surface area (Å²) in [5, 5.41) is 7.30. The zero-order chi connectivity index (χ0) is 22.9. The highest BCUT2D eigenvalue weighted by Crippen LogP contribution is 2.29. The number of rotatable bonds is 5. The zero-order valence-corrected chi connectivity index (χ0v) is 18.5. The van der Waals surface area contributed by atoms with Crippen molar-refractivity contribution in [3.8, 4) is 11.4 Å². The molecule has 10 nitrogen and oxygen atoms in total. The van der Waals surface area contributed by atoms with Crippen molar-refractivity contribution < 1.29 is 4.79 Å². The van der Waals surface area contributed by atoms with Crippen LogP contribution in [0.5, 0.6) is 0 Å². The average Bonchev–Trinajstić information content (AvgIpc) is 3.51. The molecule has 1 amide bonds. The van der Waals surface area contributed by atoms with E-state index in [4.69, 9.17) is 4.98 Å². The number of H-pyrrole nitrogens is 1. The molecule has 34 heavy (non-hydrogen) atoms. The number of carbonyl (C=O) groups is 1. The number of hydrogen-bond donors (Lipinski definition) is 5. The monoisotopic (exact) mass is 455 g/mol. The van der Waals surface area contributed by atoms with E-state index in [-0.39, 0.29) is 5.91 Å². The summed E-state index contributed by atoms with van der Waals surface area (Å²) in [5.41, 5.74) is 8.82. The first-order chi connectivity index (χ1) is 16.7. The maximum atomic E-state index is 12.6. The van der Waals surface area contributed by atoms with Crippen LogP contribution >= 0.6 is 0 Å². The highest BCUT2D eigenvalue weighted by molar-refractivity contribution is 6.05. The number of aromatic amines is 1. The number of fused-ring (bicyclic) bond motifs is 2. The maximum absolute atomic E-state index is 12.6. The van der Waals surface area contributed by atoms with Crippen LogP contribution in [-0.2, 0) is 0 Å². The molecule has 1 saturated carbocycles. The van der Waals surface area contributed by atoms with Crippen molar-refractivity contribution >= 4 is 28.4 Å². The van der Waals surface area contributed by atoms with Crippen molar-refractivity contribution in [2.24, 2.45) is 5.92 Å². The SMILES string of the molecule is O=C(Nc1ccncn1)c1cc2ccc(-c3nccc(NC4CCC5NNCC5C4)n3)cc2[nH]1. The van der Waals surface area contributed by atoms with Gasteiger partial charge in [-0.2, -0.15) is 0 Å². The first kappa shape index (κ1) is 20.7. The Morgan fingerprint density at radius 2 is 1.97 bits per heavy atom. The zero-order valence-electron chi connectivity index (χ0n) is 18.5. The summed E-state index contributed by atoms with van der Waals surface area (Å²) in [6.45, 7) is 1.02. The molecule has 4 aromatic rings. The Kier molecular flexibility index (Phi) is 5.36. The predicted octanol–water partition coefficient (Wildman–Crippen LogP) is 2.72. The lowest BCUT2D eigenvalue weighted by Gasteiger charge is -2.31. The summed E-state index contributed by atoms with van der Waals surface area (Å²) in [6, 6.07) is 12.3. The van der Waals surface area contributed by atoms with Gasteiger partial charge in [-0.1, -0.05) is 12.1 Å². The molecule has 172 valence electrons. The Balaban J connectivity index is 1.19. The van der Waals surface area contributed by atoms with Gasteiger partial charge in [-0.15, -0.1) is 0 Å². The van der Waals surface area contributed by atoms with Gasteiger partial charge in [-0.3, -0.25) is 15.6 Å². The van der Waals surface area contributed by atoms with Crippen molar-refractivity contribution in [2.45, 2.75) is 31.3 Å². The molecule has 2 fully saturated rings. The first-order valence-electron chi connectivity index (χ1n) is 11.5. The third-order valence-electron chi connectivity index (χ3n) is 6.59. The third kappa shape index (κ3) is 4.20. The standard InChI is InChI=1S/C24H25N9O/c34-24(32-21-5-7-25-13-27-21)20-10-14-1-2-15(11-19(14)30-20)23-26-8-6-22(31-23)29-17-3-4-18-16(9-17)12-28-33-18/h1-2,5-8,10-11,13,16-18,28,30,33H,3-4,9,12H2,(H,26,29,31)(H,25,27,32,34). The van der Waals surface area contributed by atoms with E-state index in [9.17, 15) is 4.79 Å². The van der Waals surface area contributed by atoms with Crippen molar-refractivity contribution in [1.82, 2.24) is 35.8 Å². The molecule has 0 bridgehead atoms. The summed E-state index contributed by atoms with van der Waals surface area (Å²) in [5.74, 6) is 2.33. The summed E-state index contributed by atoms with van der Waals surface area (Å²) in [7, 11) is 0. The lowest BCUT2D eigenvalue weighted by molar-refractivity contribution is 0.102. The number of aromatic nitrogens is 5. The molecule has 4 heterocycles. The van der Waals surface area contributed by atoms with Crippen LogP contribution in [0.2, 0.25) is 0 Å². The topological polar surface area (TPSA) is 133 Å². The van der Waals surface area contributed by atoms with E-state index in [0.29, 0.717) is 35.3 Å². The number of nitrogens with zero attached hydrogens (tertiary/aromatic N) is 4. The lowest BCUT2D eigenvalue weighted by Crippen LogP contribution is -2.39. The Morgan fingerprint density at radius 1 is 1.03 bits per heavy atom. The molecule has 1 aliphatic carbocycles. The Labute approximate surface area is 196 Å². The minimum atomic E-state index is -0.263. The van der Waals surface area contributed by atoms with E-state index in [1.54, 1.807) is 18.5 Å². The van der Waals surface area contributed by atoms with Gasteiger partial charge in [0, 0.05) is 47.5 Å². The molecule has 1 aromatic carbocycles. The van der Waals surface area contributed by atoms with Gasteiger partial charge in [0.15, 0.2) is 5.82 Å². The van der Waals surface area contributed by atoms with Crippen molar-refractivity contribution in [1.29, 1.82) is 0 Å². The molecular weight excluding hydrogens is 430 g/mol. The Morgan fingerprint density at radius 3 is 2.88 bits per heavy atom. The van der Waals surface area contributed by atoms with E-state index in [2.05, 4.69) is 41.4 Å². The molecule has 3 aromatic heterocycles. The van der Waals surface area contributed by atoms with Gasteiger partial charge in [0.05, 0.1) is 0 Å². The molecule has 0 radical (unpaired) electrons. The van der Waals surface area contributed by atoms with Gasteiger partial charge in [-0.25, -0.2) is 19.9 Å². The molecule has 10 heteroatoms. The molecule has 3 unspecified atom stereocenters. The normalized spacial score (nSPS) is 21.8. The highest BCUT2D eigenvalue weighted by atomic mass is 16.1. The molecule has 1 aliphatic heterocycles. The number of hydrogen-bond acceptors (Lipinski definition) is 8. The van der Waals surface area contributed by atoms with Gasteiger partial charge in [0.2, 0.25) is 0 Å². The number of nitrogens with one attached hydrogen (secondary N) is 5. The van der Waals surface area contributed by atoms with Gasteiger partial charge in [0.25, 0.3) is 5.91 Å². The predicted molar refractivity (Wildman–Crippen MR) is 129 cm³/mol. The van der Waals surface area contributed by atoms with Gasteiger partial charge < -0.3 is 15.6 Å². The number of carbonyl (C=O) groups excluding carboxylic acids is 1. The molecule has 6 rings (SSSR count). The van der Waals surface area contributed by atoms with Gasteiger partial charge in [-0.05, 0) is 49.4 Å². The second kappa shape index (κ2) is 8.81. The summed E-state index contributed by atoms with van der Waals surface area (Å²) in [6.07, 6.45) is 8.15. The van der Waals surface area contributed by atoms with Crippen LogP contribution in [0, 0.1) is 5.92 Å². The van der Waals surface area contributed by atoms with Crippen LogP contribution in [0.1, 0.15) is 29.8 Å². The van der Waals surface area contributed by atoms with E-state index in [1.165, 1.54) is 6.33 Å². The molecule has 3 atom stereocenters. The molecule has 2 aliphatic rings. The first-order valence-corrected chi connectivity index (χ1v) is 11.5. The van der Waals surface area contributed by atoms with Crippen molar-refractivity contribution in [3.05, 3.63) is 60.8 Å². The van der Waals surface area contributed by atoms with E-state index < -0.39 is 0 Å². The Hall–Kier alpha value is -3.89. The van der Waals surface area contributed by atoms with Crippen molar-refractivity contribution in [2.75, 3.05) is 17.2 Å². The summed E-state index contributed by atoms with van der Waals surface area (Å²) < 4.78 is 0. The van der Waals surface area contributed by atoms with Crippen LogP contribution in [0.15, 0.2) is 55.1 Å². The van der Waals surface area contributed by atoms with Gasteiger partial charge >= 0.3 is 0 Å². The number of amides is 1. The van der Waals surface area contributed by atoms with E-state index in [0.717, 1.165) is 48.1 Å². The fourth-order valence-electron chi connectivity index (χ4n) is 4.86. The number of anilines is 2. The number of hydrazine groups is 1. The van der Waals surface area contributed by atoms with Gasteiger partial charge in [0.1, 0.15) is 23.7 Å². The third-order valence-corrected chi connectivity index (χ3v) is 6.59. The fraction of sp³-hybridized carbons (Fsp3) is 0.292. The molecule has 1 saturated heterocycles. The minimum absolute atomic E-state index is 0.263. The molecule has 5 N–H and O–H groups in total. The second-order valence-electron chi connectivity index (χ2n) is 8.85. The Bertz CT molecular complexity index is 1320. The fourth-order valence-corrected chi connectivity index (χ4v) is 4.86. The largest absolute Gasteiger partial charge is 0.367 e. The van der Waals surface area contributed by atoms with Crippen LogP contribution in [0.25, 0.3) is 22.3 Å². The second-order valence-corrected chi connectivity index (χ2v) is 8.85. The maximum Gasteiger partial charge on any atom is 0.273 e. The summed E-state index contributed by atoms with van der Waals surface area (Å²) in [4.78, 5) is 32.9. The van der Waals surface area contributed by atoms with Crippen LogP contribution in [-0.4, -0.2) is 49.5 Å². The van der Waals surface area contributed by atoms with Crippen LogP contribution < -0.4 is 21.5 Å². The molecular formula is C24H25N9O. The molecule has 0 spiro atoms. The minimum Gasteiger partial charge on any atom is -0.367 e. The van der Waals surface area contributed by atoms with Crippen molar-refractivity contribution in [3.63, 3.8) is 0 Å². The van der Waals surface area contributed by atoms with E-state index in [1.807, 2.05) is 30.3 Å². The lowest BCUT2D eigenvalue weighted by atomic mass is 9.83. The smallest absolute Gasteiger partial charge is 0.273 e. The average molecular weight is 456 g/mol. The number of benzene rings is 1. The van der Waals surface area contributed by atoms with Crippen LogP contribution in [0.4, 0.5) is 11.6 Å². The summed E-state index contributed by atoms with van der Waals surface area (Å²) >= 11 is 0. The quantitative estimate of drug-likeness (QED) is 0.310.